The second-order valence-electron chi connectivity index (χ2n) is 7.59. The molecule has 0 spiro atoms. The van der Waals surface area contributed by atoms with Crippen molar-refractivity contribution in [1.29, 1.82) is 0 Å². The van der Waals surface area contributed by atoms with Gasteiger partial charge in [0.25, 0.3) is 0 Å². The number of aryl methyl sites for hydroxylation is 1. The Hall–Kier alpha value is -2.51. The van der Waals surface area contributed by atoms with Crippen LogP contribution in [-0.2, 0) is 18.3 Å². The van der Waals surface area contributed by atoms with E-state index in [4.69, 9.17) is 14.7 Å². The largest absolute Gasteiger partial charge is 0.378 e. The van der Waals surface area contributed by atoms with Gasteiger partial charge in [-0.15, -0.1) is 0 Å². The average molecular weight is 378 g/mol. The molecule has 0 saturated carbocycles. The van der Waals surface area contributed by atoms with E-state index in [-0.39, 0.29) is 0 Å². The molecular weight excluding hydrogens is 352 g/mol. The van der Waals surface area contributed by atoms with Gasteiger partial charge in [0, 0.05) is 32.9 Å². The minimum Gasteiger partial charge on any atom is -0.378 e. The van der Waals surface area contributed by atoms with Gasteiger partial charge in [0.05, 0.1) is 36.0 Å². The van der Waals surface area contributed by atoms with Crippen molar-refractivity contribution in [3.8, 4) is 0 Å². The van der Waals surface area contributed by atoms with E-state index in [1.807, 2.05) is 12.3 Å². The molecular formula is C21H26N6O. The van der Waals surface area contributed by atoms with E-state index >= 15 is 0 Å². The standard InChI is InChI=1S/C21H26N6O/c1-25-18-6-3-2-5-17(18)24-20(25)19-7-4-10-27(19)15-16-8-9-22-21(23-16)26-11-13-28-14-12-26/h2-3,5-6,8-9,19H,4,7,10-15H2,1H3/t19-/m0/s1. The minimum atomic E-state index is 0.333. The number of aromatic nitrogens is 4. The van der Waals surface area contributed by atoms with Crippen LogP contribution in [0.5, 0.6) is 0 Å². The van der Waals surface area contributed by atoms with Crippen LogP contribution in [0.2, 0.25) is 0 Å². The van der Waals surface area contributed by atoms with Gasteiger partial charge in [0.2, 0.25) is 5.95 Å². The summed E-state index contributed by atoms with van der Waals surface area (Å²) in [6.07, 6.45) is 4.21. The molecule has 2 aromatic heterocycles. The second kappa shape index (κ2) is 7.48. The number of nitrogens with zero attached hydrogens (tertiary/aromatic N) is 6. The van der Waals surface area contributed by atoms with Crippen LogP contribution in [-0.4, -0.2) is 57.3 Å². The Morgan fingerprint density at radius 3 is 2.79 bits per heavy atom. The Morgan fingerprint density at radius 2 is 1.93 bits per heavy atom. The highest BCUT2D eigenvalue weighted by Crippen LogP contribution is 2.33. The molecule has 0 bridgehead atoms. The highest BCUT2D eigenvalue weighted by Gasteiger charge is 2.30. The van der Waals surface area contributed by atoms with E-state index in [9.17, 15) is 0 Å². The molecule has 1 atom stereocenters. The fraction of sp³-hybridized carbons (Fsp3) is 0.476. The number of morpholine rings is 1. The van der Waals surface area contributed by atoms with Crippen molar-refractivity contribution in [1.82, 2.24) is 24.4 Å². The number of benzene rings is 1. The molecule has 0 amide bonds. The van der Waals surface area contributed by atoms with Crippen molar-refractivity contribution >= 4 is 17.0 Å². The zero-order chi connectivity index (χ0) is 18.9. The normalized spacial score (nSPS) is 20.9. The van der Waals surface area contributed by atoms with Gasteiger partial charge < -0.3 is 14.2 Å². The first kappa shape index (κ1) is 17.6. The Balaban J connectivity index is 1.38. The third-order valence-corrected chi connectivity index (χ3v) is 5.84. The number of likely N-dealkylation sites (tertiary alicyclic amines) is 1. The van der Waals surface area contributed by atoms with Crippen molar-refractivity contribution in [2.75, 3.05) is 37.7 Å². The first-order valence-corrected chi connectivity index (χ1v) is 10.1. The first-order valence-electron chi connectivity index (χ1n) is 10.1. The molecule has 1 aromatic carbocycles. The zero-order valence-corrected chi connectivity index (χ0v) is 16.3. The number of fused-ring (bicyclic) bond motifs is 1. The van der Waals surface area contributed by atoms with Crippen molar-refractivity contribution in [2.24, 2.45) is 7.05 Å². The molecule has 2 aliphatic heterocycles. The third-order valence-electron chi connectivity index (χ3n) is 5.84. The van der Waals surface area contributed by atoms with E-state index in [0.29, 0.717) is 6.04 Å². The number of rotatable bonds is 4. The number of anilines is 1. The van der Waals surface area contributed by atoms with Crippen LogP contribution in [0.15, 0.2) is 36.5 Å². The van der Waals surface area contributed by atoms with Crippen LogP contribution in [0.25, 0.3) is 11.0 Å². The maximum Gasteiger partial charge on any atom is 0.225 e. The van der Waals surface area contributed by atoms with E-state index < -0.39 is 0 Å². The summed E-state index contributed by atoms with van der Waals surface area (Å²) < 4.78 is 7.69. The van der Waals surface area contributed by atoms with E-state index in [1.165, 1.54) is 11.9 Å². The smallest absolute Gasteiger partial charge is 0.225 e. The Labute approximate surface area is 165 Å². The highest BCUT2D eigenvalue weighted by atomic mass is 16.5. The second-order valence-corrected chi connectivity index (χ2v) is 7.59. The Kier molecular flexibility index (Phi) is 4.70. The van der Waals surface area contributed by atoms with Crippen molar-refractivity contribution in [3.63, 3.8) is 0 Å². The fourth-order valence-electron chi connectivity index (χ4n) is 4.37. The van der Waals surface area contributed by atoms with E-state index in [2.05, 4.69) is 50.7 Å². The van der Waals surface area contributed by atoms with E-state index in [0.717, 1.165) is 68.8 Å². The molecule has 7 nitrogen and oxygen atoms in total. The molecule has 0 radical (unpaired) electrons. The lowest BCUT2D eigenvalue weighted by Crippen LogP contribution is -2.37. The van der Waals surface area contributed by atoms with Crippen molar-refractivity contribution in [2.45, 2.75) is 25.4 Å². The molecule has 3 aromatic rings. The molecule has 2 saturated heterocycles. The van der Waals surface area contributed by atoms with Crippen molar-refractivity contribution in [3.05, 3.63) is 48.0 Å². The summed E-state index contributed by atoms with van der Waals surface area (Å²) in [4.78, 5) is 19.0. The molecule has 7 heteroatoms. The quantitative estimate of drug-likeness (QED) is 0.695. The summed E-state index contributed by atoms with van der Waals surface area (Å²) in [7, 11) is 2.13. The van der Waals surface area contributed by atoms with Crippen LogP contribution in [0.1, 0.15) is 30.4 Å². The van der Waals surface area contributed by atoms with Gasteiger partial charge in [0.1, 0.15) is 5.82 Å². The Morgan fingerprint density at radius 1 is 1.07 bits per heavy atom. The van der Waals surface area contributed by atoms with Gasteiger partial charge in [-0.05, 0) is 37.6 Å². The summed E-state index contributed by atoms with van der Waals surface area (Å²) in [6, 6.07) is 10.7. The minimum absolute atomic E-state index is 0.333. The highest BCUT2D eigenvalue weighted by molar-refractivity contribution is 5.75. The Bertz CT molecular complexity index is 964. The van der Waals surface area contributed by atoms with Crippen molar-refractivity contribution < 1.29 is 4.74 Å². The molecule has 146 valence electrons. The van der Waals surface area contributed by atoms with Crippen LogP contribution in [0, 0.1) is 0 Å². The molecule has 4 heterocycles. The number of para-hydroxylation sites is 2. The molecule has 0 N–H and O–H groups in total. The van der Waals surface area contributed by atoms with Crippen LogP contribution < -0.4 is 4.90 Å². The summed E-state index contributed by atoms with van der Waals surface area (Å²) in [6.45, 7) is 5.10. The monoisotopic (exact) mass is 378 g/mol. The zero-order valence-electron chi connectivity index (χ0n) is 16.3. The van der Waals surface area contributed by atoms with Gasteiger partial charge in [-0.1, -0.05) is 12.1 Å². The number of imidazole rings is 1. The predicted molar refractivity (Wildman–Crippen MR) is 108 cm³/mol. The lowest BCUT2D eigenvalue weighted by atomic mass is 10.2. The lowest BCUT2D eigenvalue weighted by Gasteiger charge is -2.27. The summed E-state index contributed by atoms with van der Waals surface area (Å²) in [5, 5.41) is 0. The SMILES string of the molecule is Cn1c([C@@H]2CCCN2Cc2ccnc(N3CCOCC3)n2)nc2ccccc21. The predicted octanol–water partition coefficient (Wildman–Crippen LogP) is 2.54. The maximum atomic E-state index is 5.44. The fourth-order valence-corrected chi connectivity index (χ4v) is 4.37. The number of ether oxygens (including phenoxy) is 1. The first-order chi connectivity index (χ1) is 13.8. The number of hydrogen-bond acceptors (Lipinski definition) is 6. The van der Waals surface area contributed by atoms with Crippen LogP contribution in [0.3, 0.4) is 0 Å². The molecule has 2 aliphatic rings. The maximum absolute atomic E-state index is 5.44. The van der Waals surface area contributed by atoms with Crippen LogP contribution in [0.4, 0.5) is 5.95 Å². The third kappa shape index (κ3) is 3.25. The van der Waals surface area contributed by atoms with Gasteiger partial charge in [-0.2, -0.15) is 0 Å². The van der Waals surface area contributed by atoms with Crippen LogP contribution >= 0.6 is 0 Å². The van der Waals surface area contributed by atoms with E-state index in [1.54, 1.807) is 0 Å². The van der Waals surface area contributed by atoms with Gasteiger partial charge in [0.15, 0.2) is 0 Å². The molecule has 5 rings (SSSR count). The van der Waals surface area contributed by atoms with Gasteiger partial charge in [-0.25, -0.2) is 15.0 Å². The molecule has 0 aliphatic carbocycles. The summed E-state index contributed by atoms with van der Waals surface area (Å²) in [5.41, 5.74) is 3.34. The van der Waals surface area contributed by atoms with Gasteiger partial charge >= 0.3 is 0 Å². The number of hydrogen-bond donors (Lipinski definition) is 0. The topological polar surface area (TPSA) is 59.3 Å². The molecule has 2 fully saturated rings. The lowest BCUT2D eigenvalue weighted by molar-refractivity contribution is 0.122. The van der Waals surface area contributed by atoms with Gasteiger partial charge in [-0.3, -0.25) is 4.90 Å². The molecule has 28 heavy (non-hydrogen) atoms. The average Bonchev–Trinajstić information content (AvgIpc) is 3.33. The summed E-state index contributed by atoms with van der Waals surface area (Å²) in [5.74, 6) is 1.97. The summed E-state index contributed by atoms with van der Waals surface area (Å²) >= 11 is 0. The molecule has 0 unspecified atom stereocenters.